The summed E-state index contributed by atoms with van der Waals surface area (Å²) in [5.41, 5.74) is 5.11. The molecule has 2 heteroatoms. The Labute approximate surface area is 128 Å². The van der Waals surface area contributed by atoms with Crippen molar-refractivity contribution in [3.05, 3.63) is 58.6 Å². The van der Waals surface area contributed by atoms with Gasteiger partial charge in [0.25, 0.3) is 0 Å². The van der Waals surface area contributed by atoms with Crippen LogP contribution in [0.4, 0.5) is 0 Å². The zero-order valence-corrected chi connectivity index (χ0v) is 13.6. The third-order valence-electron chi connectivity index (χ3n) is 3.62. The van der Waals surface area contributed by atoms with E-state index in [2.05, 4.69) is 90.2 Å². The van der Waals surface area contributed by atoms with E-state index in [1.165, 1.54) is 27.7 Å². The molecule has 3 rings (SSSR count). The van der Waals surface area contributed by atoms with Gasteiger partial charge in [-0.25, -0.2) is 0 Å². The van der Waals surface area contributed by atoms with Crippen molar-refractivity contribution in [3.63, 3.8) is 0 Å². The van der Waals surface area contributed by atoms with Crippen molar-refractivity contribution in [2.45, 2.75) is 26.2 Å². The van der Waals surface area contributed by atoms with E-state index in [1.807, 2.05) is 0 Å². The van der Waals surface area contributed by atoms with Gasteiger partial charge < -0.3 is 4.98 Å². The number of nitrogens with one attached hydrogen (secondary N) is 1. The lowest BCUT2D eigenvalue weighted by Gasteiger charge is -2.19. The molecule has 0 saturated heterocycles. The first-order valence-electron chi connectivity index (χ1n) is 6.83. The average molecular weight is 328 g/mol. The van der Waals surface area contributed by atoms with Crippen molar-refractivity contribution in [3.8, 4) is 11.3 Å². The molecule has 1 heterocycles. The summed E-state index contributed by atoms with van der Waals surface area (Å²) >= 11 is 3.52. The van der Waals surface area contributed by atoms with E-state index < -0.39 is 0 Å². The fourth-order valence-electron chi connectivity index (χ4n) is 2.41. The number of benzene rings is 2. The Balaban J connectivity index is 2.11. The Morgan fingerprint density at radius 2 is 1.75 bits per heavy atom. The molecule has 0 atom stereocenters. The van der Waals surface area contributed by atoms with Crippen LogP contribution >= 0.6 is 15.9 Å². The first-order valence-corrected chi connectivity index (χ1v) is 7.62. The number of H-pyrrole nitrogens is 1. The van der Waals surface area contributed by atoms with Gasteiger partial charge in [-0.1, -0.05) is 54.9 Å². The Morgan fingerprint density at radius 3 is 2.50 bits per heavy atom. The molecule has 0 aliphatic rings. The Bertz CT molecular complexity index is 762. The molecule has 0 fully saturated rings. The fraction of sp³-hybridized carbons (Fsp3) is 0.222. The number of fused-ring (bicyclic) bond motifs is 1. The van der Waals surface area contributed by atoms with Crippen LogP contribution in [0.15, 0.2) is 53.0 Å². The normalized spacial score (nSPS) is 12.0. The van der Waals surface area contributed by atoms with E-state index in [0.29, 0.717) is 0 Å². The van der Waals surface area contributed by atoms with Gasteiger partial charge in [-0.3, -0.25) is 0 Å². The Hall–Kier alpha value is -1.54. The predicted octanol–water partition coefficient (Wildman–Crippen LogP) is 5.89. The first-order chi connectivity index (χ1) is 9.43. The van der Waals surface area contributed by atoms with Gasteiger partial charge in [0, 0.05) is 21.1 Å². The highest BCUT2D eigenvalue weighted by Gasteiger charge is 2.14. The highest BCUT2D eigenvalue weighted by molar-refractivity contribution is 9.10. The molecule has 0 unspecified atom stereocenters. The van der Waals surface area contributed by atoms with Crippen molar-refractivity contribution >= 4 is 26.8 Å². The summed E-state index contributed by atoms with van der Waals surface area (Å²) in [4.78, 5) is 3.50. The summed E-state index contributed by atoms with van der Waals surface area (Å²) in [5, 5.41) is 1.23. The van der Waals surface area contributed by atoms with Gasteiger partial charge in [0.2, 0.25) is 0 Å². The van der Waals surface area contributed by atoms with Gasteiger partial charge in [-0.15, -0.1) is 0 Å². The van der Waals surface area contributed by atoms with E-state index in [4.69, 9.17) is 0 Å². The van der Waals surface area contributed by atoms with Gasteiger partial charge >= 0.3 is 0 Å². The van der Waals surface area contributed by atoms with Gasteiger partial charge in [-0.2, -0.15) is 0 Å². The zero-order chi connectivity index (χ0) is 14.3. The molecule has 20 heavy (non-hydrogen) atoms. The van der Waals surface area contributed by atoms with E-state index in [9.17, 15) is 0 Å². The molecule has 1 aromatic heterocycles. The van der Waals surface area contributed by atoms with Crippen molar-refractivity contribution in [1.82, 2.24) is 4.98 Å². The number of aromatic nitrogens is 1. The maximum Gasteiger partial charge on any atom is 0.0464 e. The van der Waals surface area contributed by atoms with Crippen molar-refractivity contribution in [2.75, 3.05) is 0 Å². The smallest absolute Gasteiger partial charge is 0.0464 e. The predicted molar refractivity (Wildman–Crippen MR) is 90.1 cm³/mol. The van der Waals surface area contributed by atoms with Crippen LogP contribution in [0.3, 0.4) is 0 Å². The summed E-state index contributed by atoms with van der Waals surface area (Å²) < 4.78 is 1.11. The van der Waals surface area contributed by atoms with Crippen LogP contribution in [0.1, 0.15) is 26.3 Å². The van der Waals surface area contributed by atoms with Crippen molar-refractivity contribution in [2.24, 2.45) is 0 Å². The monoisotopic (exact) mass is 327 g/mol. The Morgan fingerprint density at radius 1 is 0.950 bits per heavy atom. The minimum absolute atomic E-state index is 0.172. The zero-order valence-electron chi connectivity index (χ0n) is 12.0. The van der Waals surface area contributed by atoms with Gasteiger partial charge in [0.05, 0.1) is 0 Å². The molecule has 1 nitrogen and oxygen atoms in total. The molecule has 102 valence electrons. The molecule has 0 saturated carbocycles. The lowest BCUT2D eigenvalue weighted by Crippen LogP contribution is -2.10. The largest absolute Gasteiger partial charge is 0.355 e. The van der Waals surface area contributed by atoms with Crippen LogP contribution in [0.2, 0.25) is 0 Å². The second-order valence-electron chi connectivity index (χ2n) is 6.25. The molecule has 2 aromatic carbocycles. The van der Waals surface area contributed by atoms with Crippen molar-refractivity contribution < 1.29 is 0 Å². The molecule has 0 spiro atoms. The molecule has 0 aliphatic carbocycles. The van der Waals surface area contributed by atoms with Crippen LogP contribution < -0.4 is 0 Å². The lowest BCUT2D eigenvalue weighted by molar-refractivity contribution is 0.590. The first kappa shape index (κ1) is 13.4. The quantitative estimate of drug-likeness (QED) is 0.573. The molecule has 0 radical (unpaired) electrons. The minimum atomic E-state index is 0.172. The maximum absolute atomic E-state index is 3.52. The number of aromatic amines is 1. The molecule has 0 bridgehead atoms. The van der Waals surface area contributed by atoms with Crippen LogP contribution in [-0.2, 0) is 5.41 Å². The van der Waals surface area contributed by atoms with Crippen LogP contribution in [0, 0.1) is 0 Å². The maximum atomic E-state index is 3.52. The van der Waals surface area contributed by atoms with Gasteiger partial charge in [0.1, 0.15) is 0 Å². The molecule has 0 aliphatic heterocycles. The molecule has 3 aromatic rings. The fourth-order valence-corrected chi connectivity index (χ4v) is 2.79. The molecule has 0 amide bonds. The summed E-state index contributed by atoms with van der Waals surface area (Å²) in [6.07, 6.45) is 0. The highest BCUT2D eigenvalue weighted by atomic mass is 79.9. The van der Waals surface area contributed by atoms with Crippen LogP contribution in [0.5, 0.6) is 0 Å². The van der Waals surface area contributed by atoms with E-state index in [-0.39, 0.29) is 5.41 Å². The van der Waals surface area contributed by atoms with E-state index in [0.717, 1.165) is 4.47 Å². The third-order valence-corrected chi connectivity index (χ3v) is 4.12. The highest BCUT2D eigenvalue weighted by Crippen LogP contribution is 2.30. The second kappa shape index (κ2) is 4.78. The van der Waals surface area contributed by atoms with Crippen LogP contribution in [0.25, 0.3) is 22.2 Å². The molecular formula is C18H18BrN. The Kier molecular flexibility index (Phi) is 3.21. The van der Waals surface area contributed by atoms with Crippen molar-refractivity contribution in [1.29, 1.82) is 0 Å². The van der Waals surface area contributed by atoms with Gasteiger partial charge in [0.15, 0.2) is 0 Å². The second-order valence-corrected chi connectivity index (χ2v) is 7.16. The SMILES string of the molecule is CC(C)(C)c1cccc(-c2cc3cc(Br)ccc3[nH]2)c1. The number of hydrogen-bond acceptors (Lipinski definition) is 0. The standard InChI is InChI=1S/C18H18BrN/c1-18(2,3)14-6-4-5-12(9-14)17-11-13-10-15(19)7-8-16(13)20-17/h4-11,20H,1-3H3. The number of halogens is 1. The number of hydrogen-bond donors (Lipinski definition) is 1. The topological polar surface area (TPSA) is 15.8 Å². The summed E-state index contributed by atoms with van der Waals surface area (Å²) in [5.74, 6) is 0. The summed E-state index contributed by atoms with van der Waals surface area (Å²) in [6.45, 7) is 6.73. The van der Waals surface area contributed by atoms with E-state index >= 15 is 0 Å². The third kappa shape index (κ3) is 2.53. The average Bonchev–Trinajstić information content (AvgIpc) is 2.81. The van der Waals surface area contributed by atoms with Crippen LogP contribution in [-0.4, -0.2) is 4.98 Å². The summed E-state index contributed by atoms with van der Waals surface area (Å²) in [7, 11) is 0. The minimum Gasteiger partial charge on any atom is -0.355 e. The lowest BCUT2D eigenvalue weighted by atomic mass is 9.86. The van der Waals surface area contributed by atoms with Gasteiger partial charge in [-0.05, 0) is 46.9 Å². The summed E-state index contributed by atoms with van der Waals surface area (Å²) in [6, 6.07) is 17.3. The van der Waals surface area contributed by atoms with E-state index in [1.54, 1.807) is 0 Å². The molecule has 1 N–H and O–H groups in total. The number of rotatable bonds is 1. The molecular weight excluding hydrogens is 310 g/mol.